The van der Waals surface area contributed by atoms with Crippen molar-refractivity contribution in [2.45, 2.75) is 19.9 Å². The standard InChI is InChI=1S/C25H23N3O3/c1-2-15-31-21-13-8-12-19(16-21)27-23-22(18-9-4-3-5-10-18)24(29)28(25(23)30)17-20-11-6-7-14-26-20/h3-14,16,27H,2,15,17H2,1H3. The molecule has 1 aliphatic rings. The molecule has 156 valence electrons. The number of nitrogens with zero attached hydrogens (tertiary/aromatic N) is 2. The summed E-state index contributed by atoms with van der Waals surface area (Å²) in [6, 6.07) is 22.0. The van der Waals surface area contributed by atoms with Crippen LogP contribution in [0.15, 0.2) is 84.7 Å². The van der Waals surface area contributed by atoms with E-state index in [0.717, 1.165) is 6.42 Å². The molecule has 0 saturated heterocycles. The van der Waals surface area contributed by atoms with Gasteiger partial charge in [0, 0.05) is 18.0 Å². The van der Waals surface area contributed by atoms with E-state index in [1.165, 1.54) is 4.90 Å². The average molecular weight is 413 g/mol. The Morgan fingerprint density at radius 3 is 2.48 bits per heavy atom. The molecule has 1 N–H and O–H groups in total. The van der Waals surface area contributed by atoms with Gasteiger partial charge < -0.3 is 10.1 Å². The van der Waals surface area contributed by atoms with Crippen LogP contribution in [0, 0.1) is 0 Å². The number of amides is 2. The number of carbonyl (C=O) groups is 2. The quantitative estimate of drug-likeness (QED) is 0.559. The van der Waals surface area contributed by atoms with Gasteiger partial charge in [-0.1, -0.05) is 49.4 Å². The zero-order chi connectivity index (χ0) is 21.6. The molecule has 2 heterocycles. The molecule has 6 heteroatoms. The van der Waals surface area contributed by atoms with Crippen molar-refractivity contribution in [3.05, 3.63) is 95.9 Å². The third-order valence-electron chi connectivity index (χ3n) is 4.85. The van der Waals surface area contributed by atoms with Crippen LogP contribution in [0.3, 0.4) is 0 Å². The van der Waals surface area contributed by atoms with E-state index in [1.54, 1.807) is 18.3 Å². The van der Waals surface area contributed by atoms with Crippen molar-refractivity contribution in [1.29, 1.82) is 0 Å². The monoisotopic (exact) mass is 413 g/mol. The van der Waals surface area contributed by atoms with Crippen molar-refractivity contribution < 1.29 is 14.3 Å². The van der Waals surface area contributed by atoms with Gasteiger partial charge in [0.1, 0.15) is 11.4 Å². The van der Waals surface area contributed by atoms with E-state index in [2.05, 4.69) is 10.3 Å². The maximum atomic E-state index is 13.3. The molecule has 2 amide bonds. The number of pyridine rings is 1. The molecule has 0 radical (unpaired) electrons. The van der Waals surface area contributed by atoms with Crippen LogP contribution in [0.2, 0.25) is 0 Å². The van der Waals surface area contributed by atoms with Gasteiger partial charge >= 0.3 is 0 Å². The van der Waals surface area contributed by atoms with Crippen molar-refractivity contribution in [3.63, 3.8) is 0 Å². The second-order valence-corrected chi connectivity index (χ2v) is 7.13. The molecule has 3 aromatic rings. The molecule has 0 atom stereocenters. The predicted octanol–water partition coefficient (Wildman–Crippen LogP) is 4.26. The van der Waals surface area contributed by atoms with Crippen LogP contribution in [0.1, 0.15) is 24.6 Å². The number of imide groups is 1. The van der Waals surface area contributed by atoms with Crippen molar-refractivity contribution in [1.82, 2.24) is 9.88 Å². The molecule has 4 rings (SSSR count). The summed E-state index contributed by atoms with van der Waals surface area (Å²) < 4.78 is 5.69. The summed E-state index contributed by atoms with van der Waals surface area (Å²) in [5.41, 5.74) is 2.61. The number of hydrogen-bond acceptors (Lipinski definition) is 5. The minimum absolute atomic E-state index is 0.111. The minimum atomic E-state index is -0.380. The summed E-state index contributed by atoms with van der Waals surface area (Å²) in [5, 5.41) is 3.17. The maximum Gasteiger partial charge on any atom is 0.278 e. The fourth-order valence-electron chi connectivity index (χ4n) is 3.39. The number of benzene rings is 2. The van der Waals surface area contributed by atoms with Crippen LogP contribution in [-0.2, 0) is 16.1 Å². The normalized spacial score (nSPS) is 13.6. The molecule has 1 aliphatic heterocycles. The molecule has 0 fully saturated rings. The Morgan fingerprint density at radius 2 is 1.74 bits per heavy atom. The zero-order valence-electron chi connectivity index (χ0n) is 17.2. The number of rotatable bonds is 8. The van der Waals surface area contributed by atoms with Crippen LogP contribution in [0.25, 0.3) is 5.57 Å². The lowest BCUT2D eigenvalue weighted by atomic mass is 10.0. The van der Waals surface area contributed by atoms with Crippen molar-refractivity contribution >= 4 is 23.1 Å². The first kappa shape index (κ1) is 20.3. The van der Waals surface area contributed by atoms with Gasteiger partial charge in [-0.05, 0) is 36.2 Å². The lowest BCUT2D eigenvalue weighted by Gasteiger charge is -2.15. The highest BCUT2D eigenvalue weighted by Gasteiger charge is 2.39. The second kappa shape index (κ2) is 9.26. The highest BCUT2D eigenvalue weighted by Crippen LogP contribution is 2.32. The van der Waals surface area contributed by atoms with E-state index < -0.39 is 0 Å². The molecule has 0 unspecified atom stereocenters. The maximum absolute atomic E-state index is 13.3. The van der Waals surface area contributed by atoms with E-state index >= 15 is 0 Å². The number of nitrogens with one attached hydrogen (secondary N) is 1. The smallest absolute Gasteiger partial charge is 0.278 e. The predicted molar refractivity (Wildman–Crippen MR) is 119 cm³/mol. The van der Waals surface area contributed by atoms with Gasteiger partial charge in [-0.25, -0.2) is 0 Å². The summed E-state index contributed by atoms with van der Waals surface area (Å²) in [5.74, 6) is -0.0204. The molecule has 0 spiro atoms. The van der Waals surface area contributed by atoms with Gasteiger partial charge in [0.2, 0.25) is 0 Å². The SMILES string of the molecule is CCCOc1cccc(NC2=C(c3ccccc3)C(=O)N(Cc3ccccn3)C2=O)c1. The van der Waals surface area contributed by atoms with Crippen molar-refractivity contribution in [3.8, 4) is 5.75 Å². The van der Waals surface area contributed by atoms with Gasteiger partial charge in [0.05, 0.1) is 24.4 Å². The molecule has 1 aromatic heterocycles. The van der Waals surface area contributed by atoms with E-state index in [1.807, 2.05) is 67.6 Å². The highest BCUT2D eigenvalue weighted by molar-refractivity contribution is 6.36. The Hall–Kier alpha value is -3.93. The van der Waals surface area contributed by atoms with Gasteiger partial charge in [-0.2, -0.15) is 0 Å². The van der Waals surface area contributed by atoms with Crippen molar-refractivity contribution in [2.75, 3.05) is 11.9 Å². The third kappa shape index (κ3) is 4.48. The summed E-state index contributed by atoms with van der Waals surface area (Å²) in [7, 11) is 0. The molecular formula is C25H23N3O3. The first-order chi connectivity index (χ1) is 15.2. The summed E-state index contributed by atoms with van der Waals surface area (Å²) in [6.45, 7) is 2.76. The van der Waals surface area contributed by atoms with Crippen LogP contribution in [-0.4, -0.2) is 28.3 Å². The molecule has 31 heavy (non-hydrogen) atoms. The number of hydrogen-bond donors (Lipinski definition) is 1. The summed E-state index contributed by atoms with van der Waals surface area (Å²) in [4.78, 5) is 32.1. The summed E-state index contributed by atoms with van der Waals surface area (Å²) >= 11 is 0. The Bertz CT molecular complexity index is 1110. The molecular weight excluding hydrogens is 390 g/mol. The first-order valence-electron chi connectivity index (χ1n) is 10.2. The average Bonchev–Trinajstić information content (AvgIpc) is 3.03. The van der Waals surface area contributed by atoms with Gasteiger partial charge in [0.15, 0.2) is 0 Å². The van der Waals surface area contributed by atoms with Crippen LogP contribution in [0.4, 0.5) is 5.69 Å². The molecule has 0 saturated carbocycles. The molecule has 0 bridgehead atoms. The molecule has 0 aliphatic carbocycles. The van der Waals surface area contributed by atoms with E-state index in [0.29, 0.717) is 34.9 Å². The molecule has 6 nitrogen and oxygen atoms in total. The highest BCUT2D eigenvalue weighted by atomic mass is 16.5. The Morgan fingerprint density at radius 1 is 0.935 bits per heavy atom. The van der Waals surface area contributed by atoms with Gasteiger partial charge in [-0.15, -0.1) is 0 Å². The zero-order valence-corrected chi connectivity index (χ0v) is 17.2. The lowest BCUT2D eigenvalue weighted by Crippen LogP contribution is -2.32. The summed E-state index contributed by atoms with van der Waals surface area (Å²) in [6.07, 6.45) is 2.54. The fraction of sp³-hybridized carbons (Fsp3) is 0.160. The fourth-order valence-corrected chi connectivity index (χ4v) is 3.39. The number of aromatic nitrogens is 1. The van der Waals surface area contributed by atoms with Crippen LogP contribution in [0.5, 0.6) is 5.75 Å². The number of ether oxygens (including phenoxy) is 1. The Labute approximate surface area is 181 Å². The third-order valence-corrected chi connectivity index (χ3v) is 4.85. The largest absolute Gasteiger partial charge is 0.494 e. The van der Waals surface area contributed by atoms with Crippen LogP contribution >= 0.6 is 0 Å². The first-order valence-corrected chi connectivity index (χ1v) is 10.2. The Kier molecular flexibility index (Phi) is 6.08. The van der Waals surface area contributed by atoms with E-state index in [9.17, 15) is 9.59 Å². The van der Waals surface area contributed by atoms with E-state index in [-0.39, 0.29) is 24.1 Å². The van der Waals surface area contributed by atoms with Crippen molar-refractivity contribution in [2.24, 2.45) is 0 Å². The van der Waals surface area contributed by atoms with Gasteiger partial charge in [0.25, 0.3) is 11.8 Å². The molecule has 2 aromatic carbocycles. The lowest BCUT2D eigenvalue weighted by molar-refractivity contribution is -0.137. The minimum Gasteiger partial charge on any atom is -0.494 e. The topological polar surface area (TPSA) is 71.5 Å². The number of carbonyl (C=O) groups excluding carboxylic acids is 2. The number of anilines is 1. The van der Waals surface area contributed by atoms with Crippen LogP contribution < -0.4 is 10.1 Å². The van der Waals surface area contributed by atoms with Gasteiger partial charge in [-0.3, -0.25) is 19.5 Å². The second-order valence-electron chi connectivity index (χ2n) is 7.13. The Balaban J connectivity index is 1.68. The van der Waals surface area contributed by atoms with E-state index in [4.69, 9.17) is 4.74 Å².